The van der Waals surface area contributed by atoms with Crippen LogP contribution in [0.4, 0.5) is 0 Å². The molecule has 1 amide bonds. The van der Waals surface area contributed by atoms with Gasteiger partial charge in [-0.1, -0.05) is 17.3 Å². The second kappa shape index (κ2) is 6.57. The van der Waals surface area contributed by atoms with Gasteiger partial charge in [-0.05, 0) is 31.4 Å². The Labute approximate surface area is 145 Å². The largest absolute Gasteiger partial charge is 0.396 e. The number of carbonyl (C=O) groups is 1. The fraction of sp³-hybridized carbons (Fsp3) is 0.500. The van der Waals surface area contributed by atoms with Crippen molar-refractivity contribution in [2.45, 2.75) is 31.3 Å². The van der Waals surface area contributed by atoms with Crippen LogP contribution in [0.25, 0.3) is 11.4 Å². The van der Waals surface area contributed by atoms with Crippen LogP contribution in [0.2, 0.25) is 0 Å². The van der Waals surface area contributed by atoms with Crippen molar-refractivity contribution >= 4 is 5.91 Å². The van der Waals surface area contributed by atoms with E-state index in [1.54, 1.807) is 17.0 Å². The van der Waals surface area contributed by atoms with Gasteiger partial charge in [-0.2, -0.15) is 4.98 Å². The molecule has 25 heavy (non-hydrogen) atoms. The Morgan fingerprint density at radius 3 is 2.64 bits per heavy atom. The fourth-order valence-electron chi connectivity index (χ4n) is 3.17. The molecule has 1 aromatic heterocycles. The highest BCUT2D eigenvalue weighted by atomic mass is 16.5. The Kier molecular flexibility index (Phi) is 4.27. The molecule has 0 unspecified atom stereocenters. The average Bonchev–Trinajstić information content (AvgIpc) is 3.38. The van der Waals surface area contributed by atoms with E-state index in [0.29, 0.717) is 36.2 Å². The molecule has 1 saturated heterocycles. The molecule has 2 atom stereocenters. The first-order valence-corrected chi connectivity index (χ1v) is 8.68. The predicted molar refractivity (Wildman–Crippen MR) is 88.8 cm³/mol. The number of hydrogen-bond donors (Lipinski definition) is 2. The maximum absolute atomic E-state index is 12.6. The third-order valence-electron chi connectivity index (χ3n) is 5.00. The number of carbonyl (C=O) groups excluding carboxylic acids is 1. The summed E-state index contributed by atoms with van der Waals surface area (Å²) in [6, 6.07) is 7.11. The first-order valence-electron chi connectivity index (χ1n) is 8.68. The zero-order chi connectivity index (χ0) is 17.4. The number of nitrogens with zero attached hydrogens (tertiary/aromatic N) is 3. The minimum absolute atomic E-state index is 0.0502. The van der Waals surface area contributed by atoms with Crippen molar-refractivity contribution in [3.8, 4) is 11.4 Å². The van der Waals surface area contributed by atoms with Gasteiger partial charge in [0.15, 0.2) is 0 Å². The van der Waals surface area contributed by atoms with Gasteiger partial charge in [0.25, 0.3) is 5.91 Å². The lowest BCUT2D eigenvalue weighted by Gasteiger charge is -2.35. The molecule has 1 aliphatic carbocycles. The second-order valence-corrected chi connectivity index (χ2v) is 6.86. The number of aromatic nitrogens is 2. The van der Waals surface area contributed by atoms with Crippen LogP contribution in [0.15, 0.2) is 28.8 Å². The number of amides is 1. The first-order chi connectivity index (χ1) is 12.2. The monoisotopic (exact) mass is 343 g/mol. The van der Waals surface area contributed by atoms with Gasteiger partial charge >= 0.3 is 0 Å². The molecule has 1 aliphatic heterocycles. The molecule has 2 N–H and O–H groups in total. The Morgan fingerprint density at radius 2 is 2.00 bits per heavy atom. The third-order valence-corrected chi connectivity index (χ3v) is 5.00. The smallest absolute Gasteiger partial charge is 0.253 e. The normalized spacial score (nSPS) is 23.7. The number of β-amino-alcohol motifs (C(OH)–C–C–N with tert-alkyl or cyclic N) is 1. The number of benzene rings is 1. The van der Waals surface area contributed by atoms with Crippen LogP contribution in [0.3, 0.4) is 0 Å². The Bertz CT molecular complexity index is 754. The van der Waals surface area contributed by atoms with E-state index in [9.17, 15) is 15.0 Å². The van der Waals surface area contributed by atoms with Gasteiger partial charge in [0.2, 0.25) is 11.7 Å². The lowest BCUT2D eigenvalue weighted by atomic mass is 9.94. The highest BCUT2D eigenvalue weighted by Crippen LogP contribution is 2.39. The summed E-state index contributed by atoms with van der Waals surface area (Å²) in [5.74, 6) is 1.38. The molecule has 0 radical (unpaired) electrons. The standard InChI is InChI=1S/C18H21N3O4/c22-10-14-7-8-21(9-15(14)23)18(24)13-5-1-11(2-6-13)16-19-17(25-20-16)12-3-4-12/h1-2,5-6,12,14-15,22-23H,3-4,7-10H2/t14-,15+/m0/s1. The molecule has 2 aromatic rings. The fourth-order valence-corrected chi connectivity index (χ4v) is 3.17. The molecular formula is C18H21N3O4. The number of likely N-dealkylation sites (tertiary alicyclic amines) is 1. The zero-order valence-corrected chi connectivity index (χ0v) is 13.8. The van der Waals surface area contributed by atoms with Crippen molar-refractivity contribution in [1.82, 2.24) is 15.0 Å². The molecule has 2 heterocycles. The van der Waals surface area contributed by atoms with Crippen molar-refractivity contribution < 1.29 is 19.5 Å². The lowest BCUT2D eigenvalue weighted by Crippen LogP contribution is -2.47. The van der Waals surface area contributed by atoms with Crippen molar-refractivity contribution in [2.75, 3.05) is 19.7 Å². The number of aliphatic hydroxyl groups excluding tert-OH is 2. The SMILES string of the molecule is O=C(c1ccc(-c2noc(C3CC3)n2)cc1)N1CC[C@@H](CO)[C@H](O)C1. The molecule has 0 spiro atoms. The molecule has 2 aliphatic rings. The zero-order valence-electron chi connectivity index (χ0n) is 13.8. The van der Waals surface area contributed by atoms with Crippen LogP contribution in [0.1, 0.15) is 41.4 Å². The molecule has 7 nitrogen and oxygen atoms in total. The van der Waals surface area contributed by atoms with Crippen LogP contribution in [-0.4, -0.2) is 57.0 Å². The summed E-state index contributed by atoms with van der Waals surface area (Å²) in [6.07, 6.45) is 2.14. The van der Waals surface area contributed by atoms with Crippen LogP contribution in [0, 0.1) is 5.92 Å². The van der Waals surface area contributed by atoms with Gasteiger partial charge in [0.1, 0.15) is 0 Å². The highest BCUT2D eigenvalue weighted by molar-refractivity contribution is 5.94. The van der Waals surface area contributed by atoms with E-state index in [4.69, 9.17) is 4.52 Å². The topological polar surface area (TPSA) is 99.7 Å². The minimum atomic E-state index is -0.679. The van der Waals surface area contributed by atoms with E-state index in [1.807, 2.05) is 12.1 Å². The Balaban J connectivity index is 1.45. The molecular weight excluding hydrogens is 322 g/mol. The van der Waals surface area contributed by atoms with E-state index >= 15 is 0 Å². The number of piperidine rings is 1. The van der Waals surface area contributed by atoms with Gasteiger partial charge in [-0.3, -0.25) is 4.79 Å². The lowest BCUT2D eigenvalue weighted by molar-refractivity contribution is 0.000878. The average molecular weight is 343 g/mol. The summed E-state index contributed by atoms with van der Waals surface area (Å²) < 4.78 is 5.26. The second-order valence-electron chi connectivity index (χ2n) is 6.86. The van der Waals surface area contributed by atoms with Crippen molar-refractivity contribution in [2.24, 2.45) is 5.92 Å². The van der Waals surface area contributed by atoms with Gasteiger partial charge < -0.3 is 19.6 Å². The van der Waals surface area contributed by atoms with E-state index in [1.165, 1.54) is 0 Å². The minimum Gasteiger partial charge on any atom is -0.396 e. The summed E-state index contributed by atoms with van der Waals surface area (Å²) in [4.78, 5) is 18.6. The van der Waals surface area contributed by atoms with Crippen LogP contribution in [0.5, 0.6) is 0 Å². The van der Waals surface area contributed by atoms with Gasteiger partial charge in [0, 0.05) is 42.7 Å². The van der Waals surface area contributed by atoms with E-state index in [-0.39, 0.29) is 25.0 Å². The van der Waals surface area contributed by atoms with Crippen molar-refractivity contribution in [1.29, 1.82) is 0 Å². The molecule has 1 saturated carbocycles. The third kappa shape index (κ3) is 3.29. The molecule has 2 fully saturated rings. The van der Waals surface area contributed by atoms with Crippen LogP contribution < -0.4 is 0 Å². The Hall–Kier alpha value is -2.25. The summed E-state index contributed by atoms with van der Waals surface area (Å²) in [5.41, 5.74) is 1.37. The first kappa shape index (κ1) is 16.2. The van der Waals surface area contributed by atoms with E-state index in [2.05, 4.69) is 10.1 Å². The van der Waals surface area contributed by atoms with Gasteiger partial charge in [0.05, 0.1) is 6.10 Å². The van der Waals surface area contributed by atoms with E-state index in [0.717, 1.165) is 18.4 Å². The molecule has 7 heteroatoms. The van der Waals surface area contributed by atoms with Gasteiger partial charge in [-0.15, -0.1) is 0 Å². The summed E-state index contributed by atoms with van der Waals surface area (Å²) in [6.45, 7) is 0.741. The summed E-state index contributed by atoms with van der Waals surface area (Å²) >= 11 is 0. The van der Waals surface area contributed by atoms with Crippen molar-refractivity contribution in [3.63, 3.8) is 0 Å². The van der Waals surface area contributed by atoms with Crippen molar-refractivity contribution in [3.05, 3.63) is 35.7 Å². The maximum atomic E-state index is 12.6. The maximum Gasteiger partial charge on any atom is 0.253 e. The number of rotatable bonds is 4. The Morgan fingerprint density at radius 1 is 1.24 bits per heavy atom. The van der Waals surface area contributed by atoms with Crippen LogP contribution >= 0.6 is 0 Å². The summed E-state index contributed by atoms with van der Waals surface area (Å²) in [5, 5.41) is 23.2. The quantitative estimate of drug-likeness (QED) is 0.871. The van der Waals surface area contributed by atoms with Crippen LogP contribution in [-0.2, 0) is 0 Å². The molecule has 0 bridgehead atoms. The van der Waals surface area contributed by atoms with Gasteiger partial charge in [-0.25, -0.2) is 0 Å². The summed E-state index contributed by atoms with van der Waals surface area (Å²) in [7, 11) is 0. The molecule has 4 rings (SSSR count). The van der Waals surface area contributed by atoms with E-state index < -0.39 is 6.10 Å². The number of aliphatic hydroxyl groups is 2. The molecule has 132 valence electrons. The predicted octanol–water partition coefficient (Wildman–Crippen LogP) is 1.43. The number of hydrogen-bond acceptors (Lipinski definition) is 6. The molecule has 1 aromatic carbocycles. The highest BCUT2D eigenvalue weighted by Gasteiger charge is 2.31.